The van der Waals surface area contributed by atoms with E-state index < -0.39 is 33.0 Å². The topological polar surface area (TPSA) is 158 Å². The summed E-state index contributed by atoms with van der Waals surface area (Å²) in [5.74, 6) is -2.45. The predicted molar refractivity (Wildman–Crippen MR) is 163 cm³/mol. The Labute approximate surface area is 256 Å². The molecule has 2 aliphatic carbocycles. The van der Waals surface area contributed by atoms with Gasteiger partial charge in [-0.15, -0.1) is 0 Å². The Morgan fingerprint density at radius 3 is 2.57 bits per heavy atom. The Morgan fingerprint density at radius 1 is 1.18 bits per heavy atom. The maximum atomic E-state index is 14.4. The lowest BCUT2D eigenvalue weighted by atomic mass is 9.82. The minimum absolute atomic E-state index is 0.0187. The van der Waals surface area contributed by atoms with Crippen LogP contribution in [0, 0.1) is 19.8 Å². The number of carbonyl (C=O) groups is 2. The van der Waals surface area contributed by atoms with Crippen molar-refractivity contribution in [1.82, 2.24) is 19.5 Å². The molecular weight excluding hydrogens is 582 g/mol. The number of H-pyrrole nitrogens is 1. The molecule has 3 aromatic rings. The number of Topliss-reactive ketones (excluding diaryl/α,β-unsaturated/α-hetero) is 1. The number of likely N-dealkylation sites (N-methyl/N-ethyl adjacent to an activating group) is 1. The molecule has 11 nitrogen and oxygen atoms in total. The number of ketones is 1. The van der Waals surface area contributed by atoms with Gasteiger partial charge in [-0.05, 0) is 81.4 Å². The quantitative estimate of drug-likeness (QED) is 0.307. The molecule has 7 rings (SSSR count). The number of nitrogen functional groups attached to an aromatic ring is 1. The van der Waals surface area contributed by atoms with Gasteiger partial charge in [0.05, 0.1) is 5.56 Å². The van der Waals surface area contributed by atoms with Crippen LogP contribution in [-0.2, 0) is 21.3 Å². The summed E-state index contributed by atoms with van der Waals surface area (Å²) in [5, 5.41) is 15.0. The van der Waals surface area contributed by atoms with E-state index >= 15 is 0 Å². The number of amides is 1. The first-order valence-corrected chi connectivity index (χ1v) is 16.3. The molecule has 5 N–H and O–H groups in total. The summed E-state index contributed by atoms with van der Waals surface area (Å²) in [5.41, 5.74) is 6.73. The summed E-state index contributed by atoms with van der Waals surface area (Å²) in [6.45, 7) is 6.17. The second-order valence-electron chi connectivity index (χ2n) is 13.0. The van der Waals surface area contributed by atoms with Crippen LogP contribution in [0.1, 0.15) is 74.3 Å². The molecule has 1 saturated carbocycles. The van der Waals surface area contributed by atoms with Crippen molar-refractivity contribution in [3.05, 3.63) is 75.5 Å². The third-order valence-electron chi connectivity index (χ3n) is 10.2. The van der Waals surface area contributed by atoms with Crippen LogP contribution in [0.2, 0.25) is 0 Å². The van der Waals surface area contributed by atoms with Crippen molar-refractivity contribution >= 4 is 27.4 Å². The van der Waals surface area contributed by atoms with Crippen LogP contribution in [0.5, 0.6) is 5.75 Å². The highest BCUT2D eigenvalue weighted by atomic mass is 32.2. The number of nitrogens with zero attached hydrogens (tertiary/aromatic N) is 2. The third kappa shape index (κ3) is 3.74. The number of benzene rings is 2. The smallest absolute Gasteiger partial charge is 0.271 e. The fourth-order valence-corrected chi connectivity index (χ4v) is 9.00. The van der Waals surface area contributed by atoms with Crippen LogP contribution in [0.25, 0.3) is 0 Å². The van der Waals surface area contributed by atoms with Crippen molar-refractivity contribution < 1.29 is 27.9 Å². The van der Waals surface area contributed by atoms with Gasteiger partial charge in [0.15, 0.2) is 5.03 Å². The summed E-state index contributed by atoms with van der Waals surface area (Å²) < 4.78 is 35.1. The summed E-state index contributed by atoms with van der Waals surface area (Å²) in [6.07, 6.45) is 1.74. The Bertz CT molecular complexity index is 1870. The van der Waals surface area contributed by atoms with E-state index in [1.54, 1.807) is 38.1 Å². The molecule has 1 saturated heterocycles. The van der Waals surface area contributed by atoms with Crippen LogP contribution in [0.15, 0.2) is 41.4 Å². The monoisotopic (exact) mass is 619 g/mol. The predicted octanol–water partition coefficient (Wildman–Crippen LogP) is 2.72. The highest BCUT2D eigenvalue weighted by molar-refractivity contribution is 7.89. The zero-order valence-corrected chi connectivity index (χ0v) is 26.2. The zero-order chi connectivity index (χ0) is 31.5. The number of hydrogen-bond donors (Lipinski definition) is 4. The number of sulfonamides is 1. The lowest BCUT2D eigenvalue weighted by Crippen LogP contribution is -2.60. The van der Waals surface area contributed by atoms with Gasteiger partial charge in [-0.2, -0.15) is 4.31 Å². The van der Waals surface area contributed by atoms with Crippen molar-refractivity contribution in [2.24, 2.45) is 5.92 Å². The first-order valence-electron chi connectivity index (χ1n) is 14.9. The van der Waals surface area contributed by atoms with Crippen molar-refractivity contribution in [2.45, 2.75) is 61.9 Å². The minimum atomic E-state index is -3.94. The van der Waals surface area contributed by atoms with E-state index in [2.05, 4.69) is 17.2 Å². The first-order chi connectivity index (χ1) is 20.7. The first kappa shape index (κ1) is 29.0. The van der Waals surface area contributed by atoms with Gasteiger partial charge in [0, 0.05) is 35.9 Å². The van der Waals surface area contributed by atoms with E-state index in [0.29, 0.717) is 53.8 Å². The fourth-order valence-electron chi connectivity index (χ4n) is 7.26. The summed E-state index contributed by atoms with van der Waals surface area (Å²) in [7, 11) is -0.0985. The normalized spacial score (nSPS) is 29.0. The van der Waals surface area contributed by atoms with E-state index in [4.69, 9.17) is 10.5 Å². The molecular formula is C32H37N5O6S. The van der Waals surface area contributed by atoms with Crippen LogP contribution < -0.4 is 15.8 Å². The van der Waals surface area contributed by atoms with E-state index in [-0.39, 0.29) is 33.6 Å². The number of aromatic nitrogens is 1. The van der Waals surface area contributed by atoms with Gasteiger partial charge in [-0.25, -0.2) is 8.42 Å². The third-order valence-corrected chi connectivity index (χ3v) is 12.2. The summed E-state index contributed by atoms with van der Waals surface area (Å²) in [6, 6.07) is 10.3. The average Bonchev–Trinajstić information content (AvgIpc) is 3.26. The standard InChI is InChI=1S/C32H37N5O6S/c1-16-13-21(16)19-9-10-22-25(14-19)43-32(40)23-7-6-8-24(33)26(23)28(38)31(22,32)35-29(39)27-17(2)18(3)30(34-27)44(41,42)37-12-11-20(15-37)36(4)5/h6-10,14,16,20-21,34,40H,11-13,15,33H2,1-5H3,(H,35,39)/t16-,20-,21-,31?,32?/m0/s1. The molecule has 2 unspecified atom stereocenters. The van der Waals surface area contributed by atoms with Gasteiger partial charge in [-0.3, -0.25) is 9.59 Å². The molecule has 4 aliphatic rings. The Kier molecular flexibility index (Phi) is 6.20. The zero-order valence-electron chi connectivity index (χ0n) is 25.4. The molecule has 2 aliphatic heterocycles. The van der Waals surface area contributed by atoms with Crippen LogP contribution in [0.3, 0.4) is 0 Å². The van der Waals surface area contributed by atoms with Gasteiger partial charge < -0.3 is 30.8 Å². The molecule has 3 heterocycles. The van der Waals surface area contributed by atoms with Gasteiger partial charge >= 0.3 is 0 Å². The number of aliphatic hydroxyl groups is 1. The Hall–Kier alpha value is -3.71. The van der Waals surface area contributed by atoms with Gasteiger partial charge in [-0.1, -0.05) is 31.2 Å². The van der Waals surface area contributed by atoms with Gasteiger partial charge in [0.25, 0.3) is 21.7 Å². The fraction of sp³-hybridized carbons (Fsp3) is 0.438. The Morgan fingerprint density at radius 2 is 1.91 bits per heavy atom. The molecule has 232 valence electrons. The molecule has 12 heteroatoms. The van der Waals surface area contributed by atoms with Gasteiger partial charge in [0.2, 0.25) is 11.3 Å². The second-order valence-corrected chi connectivity index (χ2v) is 14.8. The number of carbonyl (C=O) groups excluding carboxylic acids is 2. The van der Waals surface area contributed by atoms with Gasteiger partial charge in [0.1, 0.15) is 11.4 Å². The number of rotatable bonds is 6. The van der Waals surface area contributed by atoms with Crippen LogP contribution in [0.4, 0.5) is 5.69 Å². The lowest BCUT2D eigenvalue weighted by Gasteiger charge is -2.34. The molecule has 5 atom stereocenters. The van der Waals surface area contributed by atoms with Crippen LogP contribution >= 0.6 is 0 Å². The average molecular weight is 620 g/mol. The molecule has 2 aromatic carbocycles. The number of aromatic amines is 1. The maximum Gasteiger partial charge on any atom is 0.271 e. The number of nitrogens with two attached hydrogens (primary N) is 1. The van der Waals surface area contributed by atoms with Crippen molar-refractivity contribution in [1.29, 1.82) is 0 Å². The minimum Gasteiger partial charge on any atom is -0.454 e. The molecule has 2 fully saturated rings. The van der Waals surface area contributed by atoms with E-state index in [1.807, 2.05) is 31.1 Å². The molecule has 0 spiro atoms. The Balaban J connectivity index is 1.30. The summed E-state index contributed by atoms with van der Waals surface area (Å²) in [4.78, 5) is 33.4. The molecule has 1 aromatic heterocycles. The lowest BCUT2D eigenvalue weighted by molar-refractivity contribution is -0.169. The van der Waals surface area contributed by atoms with Crippen molar-refractivity contribution in [3.8, 4) is 5.75 Å². The number of nitrogens with one attached hydrogen (secondary N) is 2. The molecule has 0 radical (unpaired) electrons. The number of hydrogen-bond acceptors (Lipinski definition) is 8. The second kappa shape index (κ2) is 9.40. The molecule has 0 bridgehead atoms. The van der Waals surface area contributed by atoms with E-state index in [1.165, 1.54) is 4.31 Å². The SMILES string of the molecule is Cc1c(C(=O)NC23C(=O)c4c(N)cccc4C2(O)Oc2cc([C@H]4C[C@@H]4C)ccc23)[nH]c(S(=O)(=O)N2CC[C@H](N(C)C)C2)c1C. The van der Waals surface area contributed by atoms with Crippen molar-refractivity contribution in [3.63, 3.8) is 0 Å². The summed E-state index contributed by atoms with van der Waals surface area (Å²) >= 11 is 0. The maximum absolute atomic E-state index is 14.4. The number of fused-ring (bicyclic) bond motifs is 5. The number of ether oxygens (including phenoxy) is 1. The largest absolute Gasteiger partial charge is 0.454 e. The highest BCUT2D eigenvalue weighted by Gasteiger charge is 2.72. The molecule has 1 amide bonds. The molecule has 44 heavy (non-hydrogen) atoms. The van der Waals surface area contributed by atoms with Crippen molar-refractivity contribution in [2.75, 3.05) is 32.9 Å². The van der Waals surface area contributed by atoms with E-state index in [9.17, 15) is 23.1 Å². The van der Waals surface area contributed by atoms with E-state index in [0.717, 1.165) is 12.0 Å². The van der Waals surface area contributed by atoms with Crippen LogP contribution in [-0.4, -0.2) is 72.6 Å². The number of anilines is 1. The highest BCUT2D eigenvalue weighted by Crippen LogP contribution is 2.60.